The summed E-state index contributed by atoms with van der Waals surface area (Å²) in [5.74, 6) is 2.18. The number of benzene rings is 1. The van der Waals surface area contributed by atoms with Gasteiger partial charge in [0.1, 0.15) is 12.4 Å². The number of amides is 1. The fourth-order valence-corrected chi connectivity index (χ4v) is 3.98. The molecule has 0 atom stereocenters. The van der Waals surface area contributed by atoms with Gasteiger partial charge in [0.05, 0.1) is 31.6 Å². The van der Waals surface area contributed by atoms with Crippen molar-refractivity contribution in [1.82, 2.24) is 10.1 Å². The number of hydrogen-bond acceptors (Lipinski definition) is 7. The molecule has 2 aromatic rings. The van der Waals surface area contributed by atoms with Crippen molar-refractivity contribution in [3.05, 3.63) is 40.8 Å². The van der Waals surface area contributed by atoms with Gasteiger partial charge in [-0.3, -0.25) is 4.79 Å². The second-order valence-electron chi connectivity index (χ2n) is 7.70. The molecular weight excluding hydrogens is 388 g/mol. The van der Waals surface area contributed by atoms with Crippen LogP contribution in [0.25, 0.3) is 0 Å². The van der Waals surface area contributed by atoms with Gasteiger partial charge >= 0.3 is 0 Å². The average molecular weight is 416 g/mol. The van der Waals surface area contributed by atoms with Crippen LogP contribution in [0.15, 0.2) is 22.7 Å². The highest BCUT2D eigenvalue weighted by atomic mass is 16.7. The van der Waals surface area contributed by atoms with Gasteiger partial charge in [0.15, 0.2) is 17.8 Å². The fourth-order valence-electron chi connectivity index (χ4n) is 3.98. The zero-order chi connectivity index (χ0) is 21.1. The molecule has 0 spiro atoms. The van der Waals surface area contributed by atoms with E-state index >= 15 is 0 Å². The van der Waals surface area contributed by atoms with Gasteiger partial charge in [-0.2, -0.15) is 0 Å². The number of carbonyl (C=O) groups is 1. The number of carbonyl (C=O) groups excluding carboxylic acids is 1. The van der Waals surface area contributed by atoms with Crippen LogP contribution < -0.4 is 9.47 Å². The van der Waals surface area contributed by atoms with Crippen LogP contribution in [0.2, 0.25) is 0 Å². The van der Waals surface area contributed by atoms with Crippen molar-refractivity contribution in [2.24, 2.45) is 5.92 Å². The number of aryl methyl sites for hydroxylation is 2. The fraction of sp³-hybridized carbons (Fsp3) is 0.545. The first-order chi connectivity index (χ1) is 14.6. The lowest BCUT2D eigenvalue weighted by Crippen LogP contribution is -2.41. The Hall–Kier alpha value is -2.58. The minimum Gasteiger partial charge on any atom is -0.493 e. The van der Waals surface area contributed by atoms with Crippen LogP contribution in [0.4, 0.5) is 0 Å². The number of ether oxygens (including phenoxy) is 4. The van der Waals surface area contributed by atoms with Gasteiger partial charge in [-0.1, -0.05) is 5.16 Å². The monoisotopic (exact) mass is 416 g/mol. The van der Waals surface area contributed by atoms with Crippen LogP contribution in [0.1, 0.15) is 40.2 Å². The van der Waals surface area contributed by atoms with E-state index in [0.29, 0.717) is 55.9 Å². The highest BCUT2D eigenvalue weighted by molar-refractivity contribution is 5.95. The summed E-state index contributed by atoms with van der Waals surface area (Å²) in [5.41, 5.74) is 2.30. The third kappa shape index (κ3) is 4.29. The van der Waals surface area contributed by atoms with Crippen LogP contribution in [0, 0.1) is 19.8 Å². The predicted octanol–water partition coefficient (Wildman–Crippen LogP) is 3.10. The van der Waals surface area contributed by atoms with Crippen LogP contribution in [0.5, 0.6) is 11.5 Å². The van der Waals surface area contributed by atoms with Gasteiger partial charge in [0.2, 0.25) is 0 Å². The van der Waals surface area contributed by atoms with Crippen molar-refractivity contribution in [3.8, 4) is 11.5 Å². The van der Waals surface area contributed by atoms with Crippen molar-refractivity contribution in [2.75, 3.05) is 33.4 Å². The Labute approximate surface area is 176 Å². The van der Waals surface area contributed by atoms with Crippen molar-refractivity contribution < 1.29 is 28.3 Å². The summed E-state index contributed by atoms with van der Waals surface area (Å²) in [7, 11) is 1.57. The van der Waals surface area contributed by atoms with Crippen molar-refractivity contribution in [1.29, 1.82) is 0 Å². The topological polar surface area (TPSA) is 83.3 Å². The molecule has 0 radical (unpaired) electrons. The van der Waals surface area contributed by atoms with Gasteiger partial charge in [-0.25, -0.2) is 0 Å². The lowest BCUT2D eigenvalue weighted by Gasteiger charge is -2.34. The first-order valence-corrected chi connectivity index (χ1v) is 10.3. The van der Waals surface area contributed by atoms with Crippen molar-refractivity contribution >= 4 is 5.91 Å². The molecule has 0 unspecified atom stereocenters. The zero-order valence-corrected chi connectivity index (χ0v) is 17.7. The maximum Gasteiger partial charge on any atom is 0.253 e. The molecule has 0 N–H and O–H groups in total. The largest absolute Gasteiger partial charge is 0.493 e. The van der Waals surface area contributed by atoms with E-state index in [1.165, 1.54) is 0 Å². The van der Waals surface area contributed by atoms with Gasteiger partial charge < -0.3 is 28.4 Å². The Bertz CT molecular complexity index is 862. The highest BCUT2D eigenvalue weighted by Gasteiger charge is 2.32. The third-order valence-electron chi connectivity index (χ3n) is 5.82. The average Bonchev–Trinajstić information content (AvgIpc) is 3.42. The van der Waals surface area contributed by atoms with E-state index in [9.17, 15) is 4.79 Å². The van der Waals surface area contributed by atoms with Crippen LogP contribution in [-0.4, -0.2) is 55.7 Å². The molecule has 1 amide bonds. The number of likely N-dealkylation sites (tertiary alicyclic amines) is 1. The molecule has 2 aliphatic rings. The van der Waals surface area contributed by atoms with E-state index in [2.05, 4.69) is 5.16 Å². The van der Waals surface area contributed by atoms with Gasteiger partial charge in [0, 0.05) is 24.6 Å². The summed E-state index contributed by atoms with van der Waals surface area (Å²) in [5, 5.41) is 3.94. The lowest BCUT2D eigenvalue weighted by atomic mass is 9.95. The number of aromatic nitrogens is 1. The maximum atomic E-state index is 13.0. The number of piperidine rings is 1. The van der Waals surface area contributed by atoms with Gasteiger partial charge in [-0.05, 0) is 44.9 Å². The Morgan fingerprint density at radius 2 is 1.90 bits per heavy atom. The van der Waals surface area contributed by atoms with Gasteiger partial charge in [-0.15, -0.1) is 0 Å². The van der Waals surface area contributed by atoms with E-state index in [4.69, 9.17) is 23.5 Å². The molecule has 30 heavy (non-hydrogen) atoms. The molecule has 0 aliphatic carbocycles. The first kappa shape index (κ1) is 20.7. The van der Waals surface area contributed by atoms with E-state index in [1.807, 2.05) is 18.7 Å². The minimum absolute atomic E-state index is 0.00252. The van der Waals surface area contributed by atoms with Crippen molar-refractivity contribution in [2.45, 2.75) is 39.6 Å². The summed E-state index contributed by atoms with van der Waals surface area (Å²) in [6.45, 7) is 6.76. The summed E-state index contributed by atoms with van der Waals surface area (Å²) in [6.07, 6.45) is 1.65. The van der Waals surface area contributed by atoms with E-state index in [-0.39, 0.29) is 12.2 Å². The normalized spacial score (nSPS) is 18.0. The molecule has 162 valence electrons. The number of nitrogens with zero attached hydrogens (tertiary/aromatic N) is 2. The van der Waals surface area contributed by atoms with Gasteiger partial charge in [0.25, 0.3) is 5.91 Å². The molecule has 4 rings (SSSR count). The SMILES string of the molecule is COc1cc(C(=O)N2CCC(C3OCCO3)CC2)ccc1OCc1c(C)noc1C. The molecule has 8 nitrogen and oxygen atoms in total. The van der Waals surface area contributed by atoms with E-state index in [1.54, 1.807) is 25.3 Å². The Morgan fingerprint density at radius 1 is 1.17 bits per heavy atom. The zero-order valence-electron chi connectivity index (χ0n) is 17.7. The summed E-state index contributed by atoms with van der Waals surface area (Å²) >= 11 is 0. The molecule has 0 bridgehead atoms. The lowest BCUT2D eigenvalue weighted by molar-refractivity contribution is -0.0956. The first-order valence-electron chi connectivity index (χ1n) is 10.3. The molecule has 0 saturated carbocycles. The van der Waals surface area contributed by atoms with Crippen LogP contribution in [-0.2, 0) is 16.1 Å². The molecular formula is C22H28N2O6. The Kier molecular flexibility index (Phi) is 6.24. The van der Waals surface area contributed by atoms with Crippen LogP contribution >= 0.6 is 0 Å². The molecule has 1 aromatic heterocycles. The maximum absolute atomic E-state index is 13.0. The Balaban J connectivity index is 1.39. The molecule has 2 fully saturated rings. The highest BCUT2D eigenvalue weighted by Crippen LogP contribution is 2.31. The molecule has 3 heterocycles. The van der Waals surface area contributed by atoms with E-state index < -0.39 is 0 Å². The number of hydrogen-bond donors (Lipinski definition) is 0. The smallest absolute Gasteiger partial charge is 0.253 e. The minimum atomic E-state index is -0.114. The quantitative estimate of drug-likeness (QED) is 0.715. The van der Waals surface area contributed by atoms with E-state index in [0.717, 1.165) is 29.9 Å². The molecule has 1 aromatic carbocycles. The molecule has 2 saturated heterocycles. The second kappa shape index (κ2) is 9.06. The number of rotatable bonds is 6. The number of methoxy groups -OCH3 is 1. The Morgan fingerprint density at radius 3 is 2.53 bits per heavy atom. The summed E-state index contributed by atoms with van der Waals surface area (Å²) < 4.78 is 27.8. The third-order valence-corrected chi connectivity index (χ3v) is 5.82. The summed E-state index contributed by atoms with van der Waals surface area (Å²) in [4.78, 5) is 14.9. The molecule has 2 aliphatic heterocycles. The standard InChI is InChI=1S/C22H28N2O6/c1-14-18(15(2)30-23-14)13-29-19-5-4-17(12-20(19)26-3)21(25)24-8-6-16(7-9-24)22-27-10-11-28-22/h4-5,12,16,22H,6-11,13H2,1-3H3. The molecule has 8 heteroatoms. The summed E-state index contributed by atoms with van der Waals surface area (Å²) in [6, 6.07) is 5.29. The van der Waals surface area contributed by atoms with Crippen LogP contribution in [0.3, 0.4) is 0 Å². The second-order valence-corrected chi connectivity index (χ2v) is 7.70. The predicted molar refractivity (Wildman–Crippen MR) is 108 cm³/mol. The van der Waals surface area contributed by atoms with Crippen molar-refractivity contribution in [3.63, 3.8) is 0 Å².